The van der Waals surface area contributed by atoms with E-state index < -0.39 is 5.54 Å². The number of nitrogens with zero attached hydrogens (tertiary/aromatic N) is 2. The number of hydrogen-bond acceptors (Lipinski definition) is 2. The largest absolute Gasteiger partial charge is 0.351 e. The molecule has 2 aliphatic rings. The molecule has 2 amide bonds. The summed E-state index contributed by atoms with van der Waals surface area (Å²) in [6, 6.07) is 15.6. The van der Waals surface area contributed by atoms with Crippen LogP contribution in [0.4, 0.5) is 5.69 Å². The van der Waals surface area contributed by atoms with Crippen molar-refractivity contribution < 1.29 is 9.59 Å². The van der Waals surface area contributed by atoms with E-state index in [1.54, 1.807) is 11.0 Å². The first-order valence-electron chi connectivity index (χ1n) is 11.4. The molecular formula is C26H28ClN3O2. The summed E-state index contributed by atoms with van der Waals surface area (Å²) in [5.41, 5.74) is 2.05. The highest BCUT2D eigenvalue weighted by atomic mass is 35.5. The highest BCUT2D eigenvalue weighted by Gasteiger charge is 2.49. The number of aromatic nitrogens is 1. The van der Waals surface area contributed by atoms with E-state index in [1.807, 2.05) is 60.9 Å². The molecule has 0 unspecified atom stereocenters. The van der Waals surface area contributed by atoms with Crippen LogP contribution in [-0.2, 0) is 11.3 Å². The van der Waals surface area contributed by atoms with Crippen LogP contribution in [0.1, 0.15) is 55.1 Å². The van der Waals surface area contributed by atoms with Gasteiger partial charge in [-0.25, -0.2) is 0 Å². The average molecular weight is 450 g/mol. The number of anilines is 1. The van der Waals surface area contributed by atoms with Crippen LogP contribution < -0.4 is 10.2 Å². The molecule has 1 aliphatic carbocycles. The molecule has 1 fully saturated rings. The van der Waals surface area contributed by atoms with Gasteiger partial charge < -0.3 is 9.88 Å². The smallest absolute Gasteiger partial charge is 0.275 e. The summed E-state index contributed by atoms with van der Waals surface area (Å²) in [5.74, 6) is -0.299. The lowest BCUT2D eigenvalue weighted by Gasteiger charge is -2.44. The Labute approximate surface area is 193 Å². The average Bonchev–Trinajstić information content (AvgIpc) is 3.15. The summed E-state index contributed by atoms with van der Waals surface area (Å²) >= 11 is 6.43. The maximum absolute atomic E-state index is 13.9. The van der Waals surface area contributed by atoms with Gasteiger partial charge in [0, 0.05) is 27.7 Å². The molecule has 32 heavy (non-hydrogen) atoms. The van der Waals surface area contributed by atoms with Gasteiger partial charge >= 0.3 is 0 Å². The molecule has 0 spiro atoms. The number of carbonyl (C=O) groups excluding carboxylic acids is 2. The van der Waals surface area contributed by atoms with Gasteiger partial charge in [-0.1, -0.05) is 55.1 Å². The molecule has 1 aliphatic heterocycles. The van der Waals surface area contributed by atoms with Crippen LogP contribution in [0, 0.1) is 6.92 Å². The van der Waals surface area contributed by atoms with Crippen molar-refractivity contribution in [3.63, 3.8) is 0 Å². The molecule has 1 atom stereocenters. The second kappa shape index (κ2) is 7.96. The van der Waals surface area contributed by atoms with Crippen molar-refractivity contribution in [3.8, 4) is 0 Å². The fourth-order valence-electron chi connectivity index (χ4n) is 5.16. The Balaban J connectivity index is 1.62. The van der Waals surface area contributed by atoms with Crippen LogP contribution in [0.15, 0.2) is 48.5 Å². The zero-order valence-electron chi connectivity index (χ0n) is 18.5. The summed E-state index contributed by atoms with van der Waals surface area (Å²) in [6.07, 6.45) is 5.46. The van der Waals surface area contributed by atoms with Crippen LogP contribution in [-0.4, -0.2) is 28.0 Å². The fourth-order valence-corrected chi connectivity index (χ4v) is 5.33. The van der Waals surface area contributed by atoms with Gasteiger partial charge in [-0.15, -0.1) is 0 Å². The van der Waals surface area contributed by atoms with E-state index in [-0.39, 0.29) is 17.9 Å². The third kappa shape index (κ3) is 3.39. The van der Waals surface area contributed by atoms with Crippen LogP contribution in [0.5, 0.6) is 0 Å². The van der Waals surface area contributed by atoms with E-state index in [0.717, 1.165) is 42.1 Å². The number of halogens is 1. The first-order chi connectivity index (χ1) is 15.4. The zero-order chi connectivity index (χ0) is 22.5. The van der Waals surface area contributed by atoms with Crippen LogP contribution in [0.3, 0.4) is 0 Å². The van der Waals surface area contributed by atoms with Gasteiger partial charge in [0.05, 0.1) is 6.54 Å². The minimum Gasteiger partial charge on any atom is -0.351 e. The van der Waals surface area contributed by atoms with E-state index in [4.69, 9.17) is 11.6 Å². The Bertz CT molecular complexity index is 1210. The summed E-state index contributed by atoms with van der Waals surface area (Å²) < 4.78 is 1.99. The Morgan fingerprint density at radius 2 is 1.84 bits per heavy atom. The van der Waals surface area contributed by atoms with E-state index in [2.05, 4.69) is 5.32 Å². The second-order valence-corrected chi connectivity index (χ2v) is 9.74. The lowest BCUT2D eigenvalue weighted by atomic mass is 9.91. The molecule has 166 valence electrons. The van der Waals surface area contributed by atoms with E-state index in [9.17, 15) is 9.59 Å². The standard InChI is InChI=1S/C26H28ClN3O2/c1-17-12-13-20(15-21(17)27)30-24(31)23-14-18-8-6-7-11-22(18)29(23)16-26(30,2)25(32)28-19-9-4-3-5-10-19/h6-8,11-15,19H,3-5,9-10,16H2,1-2H3,(H,28,32)/t26-/m0/s1. The number of para-hydroxylation sites is 1. The lowest BCUT2D eigenvalue weighted by Crippen LogP contribution is -2.65. The molecule has 1 saturated carbocycles. The SMILES string of the molecule is Cc1ccc(N2C(=O)c3cc4ccccc4n3C[C@@]2(C)C(=O)NC2CCCCC2)cc1Cl. The van der Waals surface area contributed by atoms with Gasteiger partial charge in [0.2, 0.25) is 5.91 Å². The third-order valence-electron chi connectivity index (χ3n) is 7.04. The predicted molar refractivity (Wildman–Crippen MR) is 128 cm³/mol. The molecular weight excluding hydrogens is 422 g/mol. The Kier molecular flexibility index (Phi) is 5.25. The molecule has 1 N–H and O–H groups in total. The molecule has 3 aromatic rings. The van der Waals surface area contributed by atoms with Crippen LogP contribution >= 0.6 is 11.6 Å². The van der Waals surface area contributed by atoms with Gasteiger partial charge in [-0.05, 0) is 56.5 Å². The Morgan fingerprint density at radius 3 is 2.59 bits per heavy atom. The molecule has 5 nitrogen and oxygen atoms in total. The molecule has 2 heterocycles. The third-order valence-corrected chi connectivity index (χ3v) is 7.44. The maximum Gasteiger partial charge on any atom is 0.275 e. The van der Waals surface area contributed by atoms with Crippen molar-refractivity contribution >= 4 is 40.0 Å². The molecule has 5 rings (SSSR count). The summed E-state index contributed by atoms with van der Waals surface area (Å²) in [5, 5.41) is 4.84. The molecule has 0 radical (unpaired) electrons. The van der Waals surface area contributed by atoms with Crippen molar-refractivity contribution in [3.05, 3.63) is 64.8 Å². The number of rotatable bonds is 3. The summed E-state index contributed by atoms with van der Waals surface area (Å²) in [6.45, 7) is 4.18. The highest BCUT2D eigenvalue weighted by molar-refractivity contribution is 6.31. The number of amides is 2. The van der Waals surface area contributed by atoms with Crippen LogP contribution in [0.2, 0.25) is 5.02 Å². The first-order valence-corrected chi connectivity index (χ1v) is 11.8. The van der Waals surface area contributed by atoms with Gasteiger partial charge in [-0.3, -0.25) is 14.5 Å². The number of fused-ring (bicyclic) bond motifs is 3. The van der Waals surface area contributed by atoms with Crippen molar-refractivity contribution in [1.29, 1.82) is 0 Å². The van der Waals surface area contributed by atoms with Gasteiger partial charge in [0.25, 0.3) is 5.91 Å². The molecule has 6 heteroatoms. The Hall–Kier alpha value is -2.79. The summed E-state index contributed by atoms with van der Waals surface area (Å²) in [4.78, 5) is 29.3. The van der Waals surface area contributed by atoms with Gasteiger partial charge in [0.1, 0.15) is 11.2 Å². The molecule has 2 aromatic carbocycles. The lowest BCUT2D eigenvalue weighted by molar-refractivity contribution is -0.127. The topological polar surface area (TPSA) is 54.3 Å². The molecule has 0 saturated heterocycles. The predicted octanol–water partition coefficient (Wildman–Crippen LogP) is 5.47. The quantitative estimate of drug-likeness (QED) is 0.576. The Morgan fingerprint density at radius 1 is 1.09 bits per heavy atom. The van der Waals surface area contributed by atoms with E-state index in [0.29, 0.717) is 22.9 Å². The molecule has 1 aromatic heterocycles. The van der Waals surface area contributed by atoms with Crippen molar-refractivity contribution in [1.82, 2.24) is 9.88 Å². The monoisotopic (exact) mass is 449 g/mol. The van der Waals surface area contributed by atoms with Crippen molar-refractivity contribution in [2.45, 2.75) is 64.1 Å². The number of nitrogens with one attached hydrogen (secondary N) is 1. The normalized spacial score (nSPS) is 21.6. The number of aryl methyl sites for hydroxylation is 1. The zero-order valence-corrected chi connectivity index (χ0v) is 19.3. The minimum atomic E-state index is -1.08. The maximum atomic E-state index is 13.9. The number of benzene rings is 2. The minimum absolute atomic E-state index is 0.113. The fraction of sp³-hybridized carbons (Fsp3) is 0.385. The molecule has 0 bridgehead atoms. The van der Waals surface area contributed by atoms with E-state index >= 15 is 0 Å². The van der Waals surface area contributed by atoms with Crippen LogP contribution in [0.25, 0.3) is 10.9 Å². The number of hydrogen-bond donors (Lipinski definition) is 1. The first kappa shape index (κ1) is 21.1. The summed E-state index contributed by atoms with van der Waals surface area (Å²) in [7, 11) is 0. The highest BCUT2D eigenvalue weighted by Crippen LogP contribution is 2.37. The van der Waals surface area contributed by atoms with Crippen molar-refractivity contribution in [2.24, 2.45) is 0 Å². The van der Waals surface area contributed by atoms with Gasteiger partial charge in [-0.2, -0.15) is 0 Å². The van der Waals surface area contributed by atoms with E-state index in [1.165, 1.54) is 6.42 Å². The van der Waals surface area contributed by atoms with Crippen molar-refractivity contribution in [2.75, 3.05) is 4.90 Å². The second-order valence-electron chi connectivity index (χ2n) is 9.33. The number of carbonyl (C=O) groups is 2. The van der Waals surface area contributed by atoms with Gasteiger partial charge in [0.15, 0.2) is 0 Å².